The Morgan fingerprint density at radius 3 is 2.93 bits per heavy atom. The van der Waals surface area contributed by atoms with Crippen LogP contribution in [-0.2, 0) is 0 Å². The number of piperidine rings is 1. The first-order chi connectivity index (χ1) is 7.24. The number of hydrogen-bond donors (Lipinski definition) is 2. The predicted octanol–water partition coefficient (Wildman–Crippen LogP) is 0.276. The van der Waals surface area contributed by atoms with Crippen molar-refractivity contribution < 1.29 is 0 Å². The smallest absolute Gasteiger partial charge is 0.252 e. The average molecular weight is 208 g/mol. The van der Waals surface area contributed by atoms with Crippen LogP contribution in [0.1, 0.15) is 12.8 Å². The van der Waals surface area contributed by atoms with Crippen LogP contribution in [0.4, 0.5) is 5.82 Å². The van der Waals surface area contributed by atoms with Crippen molar-refractivity contribution in [2.24, 2.45) is 0 Å². The van der Waals surface area contributed by atoms with Crippen LogP contribution in [0.15, 0.2) is 17.2 Å². The normalized spacial score (nSPS) is 19.0. The molecule has 0 unspecified atom stereocenters. The minimum atomic E-state index is -0.111. The number of H-pyrrole nitrogens is 1. The van der Waals surface area contributed by atoms with Crippen molar-refractivity contribution in [3.63, 3.8) is 0 Å². The highest BCUT2D eigenvalue weighted by Gasteiger charge is 2.16. The highest BCUT2D eigenvalue weighted by molar-refractivity contribution is 5.33. The van der Waals surface area contributed by atoms with Gasteiger partial charge in [-0.15, -0.1) is 0 Å². The third-order valence-corrected chi connectivity index (χ3v) is 2.75. The molecule has 5 nitrogen and oxygen atoms in total. The van der Waals surface area contributed by atoms with Crippen LogP contribution in [0.25, 0.3) is 0 Å². The maximum Gasteiger partial charge on any atom is 0.252 e. The van der Waals surface area contributed by atoms with Crippen LogP contribution in [-0.4, -0.2) is 41.0 Å². The van der Waals surface area contributed by atoms with Gasteiger partial charge in [-0.2, -0.15) is 0 Å². The van der Waals surface area contributed by atoms with E-state index in [-0.39, 0.29) is 5.56 Å². The molecule has 2 rings (SSSR count). The molecule has 82 valence electrons. The van der Waals surface area contributed by atoms with E-state index in [2.05, 4.69) is 27.2 Å². The zero-order chi connectivity index (χ0) is 10.7. The molecule has 1 aromatic heterocycles. The van der Waals surface area contributed by atoms with Crippen molar-refractivity contribution in [2.45, 2.75) is 18.9 Å². The maximum atomic E-state index is 11.0. The number of rotatable bonds is 2. The summed E-state index contributed by atoms with van der Waals surface area (Å²) in [6.07, 6.45) is 3.63. The molecule has 1 saturated heterocycles. The summed E-state index contributed by atoms with van der Waals surface area (Å²) < 4.78 is 0. The number of likely N-dealkylation sites (tertiary alicyclic amines) is 1. The van der Waals surface area contributed by atoms with Crippen LogP contribution in [0, 0.1) is 0 Å². The van der Waals surface area contributed by atoms with Crippen LogP contribution in [0.5, 0.6) is 0 Å². The topological polar surface area (TPSA) is 61.0 Å². The lowest BCUT2D eigenvalue weighted by Crippen LogP contribution is -2.37. The fraction of sp³-hybridized carbons (Fsp3) is 0.600. The third kappa shape index (κ3) is 2.79. The Labute approximate surface area is 88.5 Å². The van der Waals surface area contributed by atoms with Crippen LogP contribution >= 0.6 is 0 Å². The quantitative estimate of drug-likeness (QED) is 0.732. The van der Waals surface area contributed by atoms with E-state index in [4.69, 9.17) is 0 Å². The van der Waals surface area contributed by atoms with Gasteiger partial charge in [0.25, 0.3) is 5.56 Å². The summed E-state index contributed by atoms with van der Waals surface area (Å²) in [5.74, 6) is 0.674. The molecular weight excluding hydrogens is 192 g/mol. The van der Waals surface area contributed by atoms with Gasteiger partial charge in [0.05, 0.1) is 6.33 Å². The second kappa shape index (κ2) is 4.44. The Hall–Kier alpha value is -1.36. The van der Waals surface area contributed by atoms with E-state index < -0.39 is 0 Å². The van der Waals surface area contributed by atoms with Gasteiger partial charge in [-0.05, 0) is 33.0 Å². The lowest BCUT2D eigenvalue weighted by Gasteiger charge is -2.29. The van der Waals surface area contributed by atoms with Crippen molar-refractivity contribution in [2.75, 3.05) is 25.5 Å². The third-order valence-electron chi connectivity index (χ3n) is 2.75. The zero-order valence-electron chi connectivity index (χ0n) is 8.86. The number of aromatic amines is 1. The summed E-state index contributed by atoms with van der Waals surface area (Å²) >= 11 is 0. The Morgan fingerprint density at radius 2 is 2.27 bits per heavy atom. The summed E-state index contributed by atoms with van der Waals surface area (Å²) in [4.78, 5) is 19.9. The molecule has 0 aromatic carbocycles. The lowest BCUT2D eigenvalue weighted by atomic mass is 10.1. The first-order valence-corrected chi connectivity index (χ1v) is 5.24. The molecular formula is C10H16N4O. The molecule has 2 heterocycles. The van der Waals surface area contributed by atoms with E-state index in [9.17, 15) is 4.79 Å². The van der Waals surface area contributed by atoms with E-state index in [0.29, 0.717) is 11.9 Å². The SMILES string of the molecule is CN1CCC(Nc2cc(=O)[nH]cn2)CC1. The van der Waals surface area contributed by atoms with E-state index in [1.165, 1.54) is 12.4 Å². The molecule has 0 bridgehead atoms. The number of anilines is 1. The standard InChI is InChI=1S/C10H16N4O/c1-14-4-2-8(3-5-14)13-9-6-10(15)12-7-11-9/h6-8H,2-5H2,1H3,(H2,11,12,13,15). The molecule has 2 N–H and O–H groups in total. The maximum absolute atomic E-state index is 11.0. The van der Waals surface area contributed by atoms with Gasteiger partial charge in [0, 0.05) is 12.1 Å². The lowest BCUT2D eigenvalue weighted by molar-refractivity contribution is 0.263. The summed E-state index contributed by atoms with van der Waals surface area (Å²) in [7, 11) is 2.13. The molecule has 1 aliphatic heterocycles. The summed E-state index contributed by atoms with van der Waals surface area (Å²) in [5.41, 5.74) is -0.111. The van der Waals surface area contributed by atoms with E-state index in [1.807, 2.05) is 0 Å². The number of nitrogens with zero attached hydrogens (tertiary/aromatic N) is 2. The van der Waals surface area contributed by atoms with Crippen LogP contribution < -0.4 is 10.9 Å². The predicted molar refractivity (Wildman–Crippen MR) is 59.0 cm³/mol. The van der Waals surface area contributed by atoms with Gasteiger partial charge in [0.15, 0.2) is 0 Å². The molecule has 1 fully saturated rings. The van der Waals surface area contributed by atoms with E-state index in [1.54, 1.807) is 0 Å². The van der Waals surface area contributed by atoms with Crippen LogP contribution in [0.2, 0.25) is 0 Å². The average Bonchev–Trinajstić information content (AvgIpc) is 2.22. The molecule has 1 aliphatic rings. The highest BCUT2D eigenvalue weighted by atomic mass is 16.1. The Balaban J connectivity index is 1.94. The molecule has 0 spiro atoms. The summed E-state index contributed by atoms with van der Waals surface area (Å²) in [6.45, 7) is 2.20. The summed E-state index contributed by atoms with van der Waals surface area (Å²) in [6, 6.07) is 1.94. The van der Waals surface area contributed by atoms with E-state index >= 15 is 0 Å². The van der Waals surface area contributed by atoms with Gasteiger partial charge in [0.1, 0.15) is 5.82 Å². The highest BCUT2D eigenvalue weighted by Crippen LogP contribution is 2.12. The fourth-order valence-corrected chi connectivity index (χ4v) is 1.81. The number of hydrogen-bond acceptors (Lipinski definition) is 4. The minimum absolute atomic E-state index is 0.111. The molecule has 0 atom stereocenters. The molecule has 5 heteroatoms. The summed E-state index contributed by atoms with van der Waals surface area (Å²) in [5, 5.41) is 3.28. The second-order valence-corrected chi connectivity index (χ2v) is 4.02. The van der Waals surface area contributed by atoms with Gasteiger partial charge in [0.2, 0.25) is 0 Å². The van der Waals surface area contributed by atoms with Crippen LogP contribution in [0.3, 0.4) is 0 Å². The Morgan fingerprint density at radius 1 is 1.53 bits per heavy atom. The Kier molecular flexibility index (Phi) is 3.01. The van der Waals surface area contributed by atoms with Gasteiger partial charge in [-0.1, -0.05) is 0 Å². The zero-order valence-corrected chi connectivity index (χ0v) is 8.86. The number of aromatic nitrogens is 2. The monoisotopic (exact) mass is 208 g/mol. The second-order valence-electron chi connectivity index (χ2n) is 4.02. The molecule has 0 saturated carbocycles. The number of nitrogens with one attached hydrogen (secondary N) is 2. The van der Waals surface area contributed by atoms with Crippen molar-refractivity contribution in [1.29, 1.82) is 0 Å². The molecule has 15 heavy (non-hydrogen) atoms. The largest absolute Gasteiger partial charge is 0.367 e. The van der Waals surface area contributed by atoms with Gasteiger partial charge in [-0.3, -0.25) is 4.79 Å². The minimum Gasteiger partial charge on any atom is -0.367 e. The van der Waals surface area contributed by atoms with Gasteiger partial charge < -0.3 is 15.2 Å². The first kappa shape index (κ1) is 10.2. The molecule has 1 aromatic rings. The van der Waals surface area contributed by atoms with Gasteiger partial charge >= 0.3 is 0 Å². The van der Waals surface area contributed by atoms with Crippen molar-refractivity contribution in [1.82, 2.24) is 14.9 Å². The fourth-order valence-electron chi connectivity index (χ4n) is 1.81. The van der Waals surface area contributed by atoms with Gasteiger partial charge in [-0.25, -0.2) is 4.98 Å². The molecule has 0 radical (unpaired) electrons. The Bertz CT molecular complexity index is 368. The molecule has 0 amide bonds. The first-order valence-electron chi connectivity index (χ1n) is 5.24. The van der Waals surface area contributed by atoms with Crippen molar-refractivity contribution in [3.05, 3.63) is 22.7 Å². The molecule has 0 aliphatic carbocycles. The van der Waals surface area contributed by atoms with Crippen molar-refractivity contribution >= 4 is 5.82 Å². The van der Waals surface area contributed by atoms with E-state index in [0.717, 1.165) is 25.9 Å². The van der Waals surface area contributed by atoms with Crippen molar-refractivity contribution in [3.8, 4) is 0 Å².